The van der Waals surface area contributed by atoms with Crippen LogP contribution in [0.25, 0.3) is 0 Å². The summed E-state index contributed by atoms with van der Waals surface area (Å²) in [5.74, 6) is 0. The summed E-state index contributed by atoms with van der Waals surface area (Å²) in [7, 11) is 0. The molecule has 0 unspecified atom stereocenters. The Balaban J connectivity index is 2.49. The molecule has 0 saturated carbocycles. The third kappa shape index (κ3) is 4.84. The fourth-order valence-corrected chi connectivity index (χ4v) is 2.27. The van der Waals surface area contributed by atoms with Crippen LogP contribution in [0.4, 0.5) is 0 Å². The van der Waals surface area contributed by atoms with Crippen molar-refractivity contribution in [3.8, 4) is 0 Å². The van der Waals surface area contributed by atoms with Crippen LogP contribution in [0.15, 0.2) is 24.5 Å². The zero-order valence-corrected chi connectivity index (χ0v) is 11.1. The average Bonchev–Trinajstić information content (AvgIpc) is 2.38. The van der Waals surface area contributed by atoms with Gasteiger partial charge in [-0.25, -0.2) is 0 Å². The van der Waals surface area contributed by atoms with Gasteiger partial charge in [-0.3, -0.25) is 9.88 Å². The molecule has 0 radical (unpaired) electrons. The Kier molecular flexibility index (Phi) is 6.82. The van der Waals surface area contributed by atoms with E-state index in [-0.39, 0.29) is 0 Å². The van der Waals surface area contributed by atoms with Gasteiger partial charge in [-0.2, -0.15) is 0 Å². The quantitative estimate of drug-likeness (QED) is 0.750. The molecular weight excluding hydrogens is 210 g/mol. The number of hydrogen-bond acceptors (Lipinski definition) is 3. The van der Waals surface area contributed by atoms with Crippen molar-refractivity contribution in [2.45, 2.75) is 39.2 Å². The van der Waals surface area contributed by atoms with Crippen LogP contribution < -0.4 is 5.73 Å². The maximum atomic E-state index is 5.69. The molecule has 3 heteroatoms. The summed E-state index contributed by atoms with van der Waals surface area (Å²) in [5.41, 5.74) is 7.05. The molecular formula is C14H25N3. The molecule has 0 aliphatic rings. The van der Waals surface area contributed by atoms with Crippen LogP contribution in [0, 0.1) is 0 Å². The van der Waals surface area contributed by atoms with Crippen LogP contribution in [0.3, 0.4) is 0 Å². The number of pyridine rings is 1. The molecule has 0 amide bonds. The molecule has 1 aromatic heterocycles. The molecule has 3 nitrogen and oxygen atoms in total. The first-order valence-electron chi connectivity index (χ1n) is 6.64. The highest BCUT2D eigenvalue weighted by molar-refractivity contribution is 5.09. The van der Waals surface area contributed by atoms with Crippen molar-refractivity contribution in [2.75, 3.05) is 19.6 Å². The van der Waals surface area contributed by atoms with Crippen LogP contribution in [0.5, 0.6) is 0 Å². The van der Waals surface area contributed by atoms with Gasteiger partial charge in [0.15, 0.2) is 0 Å². The van der Waals surface area contributed by atoms with E-state index in [1.165, 1.54) is 18.4 Å². The first kappa shape index (κ1) is 14.1. The van der Waals surface area contributed by atoms with Gasteiger partial charge in [0.05, 0.1) is 0 Å². The maximum absolute atomic E-state index is 5.69. The van der Waals surface area contributed by atoms with E-state index in [1.54, 1.807) is 0 Å². The topological polar surface area (TPSA) is 42.1 Å². The lowest BCUT2D eigenvalue weighted by Crippen LogP contribution is -2.39. The Morgan fingerprint density at radius 3 is 2.35 bits per heavy atom. The minimum atomic E-state index is 0.667. The lowest BCUT2D eigenvalue weighted by molar-refractivity contribution is 0.193. The van der Waals surface area contributed by atoms with Gasteiger partial charge in [-0.05, 0) is 37.0 Å². The fraction of sp³-hybridized carbons (Fsp3) is 0.643. The van der Waals surface area contributed by atoms with Crippen LogP contribution in [-0.2, 0) is 6.42 Å². The Labute approximate surface area is 105 Å². The van der Waals surface area contributed by atoms with Crippen molar-refractivity contribution in [1.82, 2.24) is 9.88 Å². The Hall–Kier alpha value is -0.930. The molecule has 0 fully saturated rings. The van der Waals surface area contributed by atoms with E-state index >= 15 is 0 Å². The minimum absolute atomic E-state index is 0.667. The standard InChI is InChI=1S/C14H25N3/c1-3-14(4-2)17(12-8-15)11-7-13-5-9-16-10-6-13/h5-6,9-10,14H,3-4,7-8,11-12,15H2,1-2H3. The predicted octanol–water partition coefficient (Wildman–Crippen LogP) is 2.07. The third-order valence-electron chi connectivity index (χ3n) is 3.31. The molecule has 1 rings (SSSR count). The normalized spacial score (nSPS) is 11.4. The first-order valence-corrected chi connectivity index (χ1v) is 6.64. The number of nitrogens with two attached hydrogens (primary N) is 1. The highest BCUT2D eigenvalue weighted by atomic mass is 15.2. The maximum Gasteiger partial charge on any atom is 0.0270 e. The van der Waals surface area contributed by atoms with E-state index in [2.05, 4.69) is 35.9 Å². The molecule has 0 bridgehead atoms. The van der Waals surface area contributed by atoms with E-state index in [0.29, 0.717) is 6.04 Å². The summed E-state index contributed by atoms with van der Waals surface area (Å²) in [5, 5.41) is 0. The van der Waals surface area contributed by atoms with Crippen molar-refractivity contribution < 1.29 is 0 Å². The van der Waals surface area contributed by atoms with Gasteiger partial charge in [0, 0.05) is 38.1 Å². The summed E-state index contributed by atoms with van der Waals surface area (Å²) in [4.78, 5) is 6.56. The van der Waals surface area contributed by atoms with Crippen molar-refractivity contribution in [3.05, 3.63) is 30.1 Å². The Bertz CT molecular complexity index is 283. The van der Waals surface area contributed by atoms with Gasteiger partial charge < -0.3 is 5.73 Å². The molecule has 0 saturated heterocycles. The van der Waals surface area contributed by atoms with Gasteiger partial charge in [-0.15, -0.1) is 0 Å². The summed E-state index contributed by atoms with van der Waals surface area (Å²) in [6.07, 6.45) is 7.21. The molecule has 0 spiro atoms. The monoisotopic (exact) mass is 235 g/mol. The summed E-state index contributed by atoms with van der Waals surface area (Å²) in [6, 6.07) is 4.85. The second-order valence-corrected chi connectivity index (χ2v) is 4.40. The zero-order valence-electron chi connectivity index (χ0n) is 11.1. The number of aromatic nitrogens is 1. The lowest BCUT2D eigenvalue weighted by atomic mass is 10.1. The molecule has 2 N–H and O–H groups in total. The van der Waals surface area contributed by atoms with E-state index < -0.39 is 0 Å². The van der Waals surface area contributed by atoms with Gasteiger partial charge in [0.1, 0.15) is 0 Å². The molecule has 0 atom stereocenters. The second kappa shape index (κ2) is 8.20. The van der Waals surface area contributed by atoms with Crippen molar-refractivity contribution in [2.24, 2.45) is 5.73 Å². The number of hydrogen-bond donors (Lipinski definition) is 1. The lowest BCUT2D eigenvalue weighted by Gasteiger charge is -2.30. The van der Waals surface area contributed by atoms with E-state index in [4.69, 9.17) is 5.73 Å². The molecule has 17 heavy (non-hydrogen) atoms. The Morgan fingerprint density at radius 2 is 1.82 bits per heavy atom. The minimum Gasteiger partial charge on any atom is -0.329 e. The van der Waals surface area contributed by atoms with Crippen LogP contribution in [0.1, 0.15) is 32.3 Å². The number of rotatable bonds is 8. The largest absolute Gasteiger partial charge is 0.329 e. The van der Waals surface area contributed by atoms with Gasteiger partial charge in [-0.1, -0.05) is 13.8 Å². The molecule has 0 aliphatic carbocycles. The summed E-state index contributed by atoms with van der Waals surface area (Å²) < 4.78 is 0. The van der Waals surface area contributed by atoms with E-state index in [0.717, 1.165) is 26.1 Å². The fourth-order valence-electron chi connectivity index (χ4n) is 2.27. The van der Waals surface area contributed by atoms with Gasteiger partial charge >= 0.3 is 0 Å². The van der Waals surface area contributed by atoms with Crippen LogP contribution in [-0.4, -0.2) is 35.6 Å². The first-order chi connectivity index (χ1) is 8.31. The van der Waals surface area contributed by atoms with Crippen LogP contribution >= 0.6 is 0 Å². The highest BCUT2D eigenvalue weighted by Gasteiger charge is 2.13. The van der Waals surface area contributed by atoms with E-state index in [1.807, 2.05) is 12.4 Å². The van der Waals surface area contributed by atoms with E-state index in [9.17, 15) is 0 Å². The summed E-state index contributed by atoms with van der Waals surface area (Å²) >= 11 is 0. The molecule has 0 aromatic carbocycles. The smallest absolute Gasteiger partial charge is 0.0270 e. The van der Waals surface area contributed by atoms with Crippen molar-refractivity contribution >= 4 is 0 Å². The molecule has 0 aliphatic heterocycles. The predicted molar refractivity (Wildman–Crippen MR) is 72.9 cm³/mol. The molecule has 96 valence electrons. The van der Waals surface area contributed by atoms with Gasteiger partial charge in [0.25, 0.3) is 0 Å². The highest BCUT2D eigenvalue weighted by Crippen LogP contribution is 2.09. The average molecular weight is 235 g/mol. The second-order valence-electron chi connectivity index (χ2n) is 4.40. The van der Waals surface area contributed by atoms with Gasteiger partial charge in [0.2, 0.25) is 0 Å². The Morgan fingerprint density at radius 1 is 1.18 bits per heavy atom. The number of nitrogens with zero attached hydrogens (tertiary/aromatic N) is 2. The molecule has 1 heterocycles. The van der Waals surface area contributed by atoms with Crippen molar-refractivity contribution in [3.63, 3.8) is 0 Å². The molecule has 1 aromatic rings. The zero-order chi connectivity index (χ0) is 12.5. The summed E-state index contributed by atoms with van der Waals surface area (Å²) in [6.45, 7) is 7.34. The SMILES string of the molecule is CCC(CC)N(CCN)CCc1ccncc1. The van der Waals surface area contributed by atoms with Crippen molar-refractivity contribution in [1.29, 1.82) is 0 Å². The van der Waals surface area contributed by atoms with Crippen LogP contribution in [0.2, 0.25) is 0 Å². The third-order valence-corrected chi connectivity index (χ3v) is 3.31.